The maximum Gasteiger partial charge on any atom is 0.313 e. The SMILES string of the molecule is CN(C)CCn1c(CO)nnc1SCC(=O)O. The van der Waals surface area contributed by atoms with Crippen LogP contribution in [-0.4, -0.2) is 62.2 Å². The number of rotatable bonds is 7. The number of likely N-dealkylation sites (N-methyl/N-ethyl adjacent to an activating group) is 1. The van der Waals surface area contributed by atoms with Gasteiger partial charge in [-0.25, -0.2) is 0 Å². The predicted octanol–water partition coefficient (Wildman–Crippen LogP) is -0.491. The fourth-order valence-electron chi connectivity index (χ4n) is 1.19. The predicted molar refractivity (Wildman–Crippen MR) is 62.9 cm³/mol. The molecule has 8 heteroatoms. The molecule has 0 radical (unpaired) electrons. The third-order valence-corrected chi connectivity index (χ3v) is 2.98. The molecule has 0 atom stereocenters. The van der Waals surface area contributed by atoms with Crippen molar-refractivity contribution in [2.24, 2.45) is 0 Å². The Kier molecular flexibility index (Phi) is 5.39. The van der Waals surface area contributed by atoms with Gasteiger partial charge in [0.2, 0.25) is 0 Å². The van der Waals surface area contributed by atoms with Crippen LogP contribution in [0.4, 0.5) is 0 Å². The van der Waals surface area contributed by atoms with Crippen LogP contribution in [0.1, 0.15) is 5.82 Å². The van der Waals surface area contributed by atoms with E-state index in [1.165, 1.54) is 0 Å². The van der Waals surface area contributed by atoms with E-state index in [1.54, 1.807) is 4.57 Å². The van der Waals surface area contributed by atoms with Gasteiger partial charge in [0.1, 0.15) is 6.61 Å². The van der Waals surface area contributed by atoms with E-state index in [2.05, 4.69) is 10.2 Å². The van der Waals surface area contributed by atoms with Crippen LogP contribution in [0.5, 0.6) is 0 Å². The standard InChI is InChI=1S/C9H16N4O3S/c1-12(2)3-4-13-7(5-14)10-11-9(13)17-6-8(15)16/h14H,3-6H2,1-2H3,(H,15,16). The number of carbonyl (C=O) groups is 1. The van der Waals surface area contributed by atoms with Gasteiger partial charge < -0.3 is 19.7 Å². The molecule has 1 aromatic heterocycles. The Balaban J connectivity index is 2.74. The average Bonchev–Trinajstić information content (AvgIpc) is 2.65. The number of hydrogen-bond donors (Lipinski definition) is 2. The number of aliphatic hydroxyl groups is 1. The number of aliphatic carboxylic acids is 1. The zero-order valence-electron chi connectivity index (χ0n) is 9.83. The fraction of sp³-hybridized carbons (Fsp3) is 0.667. The maximum absolute atomic E-state index is 10.5. The second kappa shape index (κ2) is 6.58. The van der Waals surface area contributed by atoms with Gasteiger partial charge in [-0.15, -0.1) is 10.2 Å². The molecule has 0 amide bonds. The molecule has 0 spiro atoms. The minimum absolute atomic E-state index is 0.0640. The monoisotopic (exact) mass is 260 g/mol. The molecule has 0 saturated carbocycles. The van der Waals surface area contributed by atoms with Crippen LogP contribution in [0.25, 0.3) is 0 Å². The summed E-state index contributed by atoms with van der Waals surface area (Å²) in [5.74, 6) is -0.506. The summed E-state index contributed by atoms with van der Waals surface area (Å²) >= 11 is 1.10. The number of nitrogens with zero attached hydrogens (tertiary/aromatic N) is 4. The highest BCUT2D eigenvalue weighted by Gasteiger charge is 2.13. The van der Waals surface area contributed by atoms with E-state index in [1.807, 2.05) is 19.0 Å². The van der Waals surface area contributed by atoms with Crippen LogP contribution < -0.4 is 0 Å². The van der Waals surface area contributed by atoms with Crippen molar-refractivity contribution in [3.63, 3.8) is 0 Å². The van der Waals surface area contributed by atoms with Crippen molar-refractivity contribution in [3.05, 3.63) is 5.82 Å². The van der Waals surface area contributed by atoms with Crippen LogP contribution in [-0.2, 0) is 17.9 Å². The van der Waals surface area contributed by atoms with Gasteiger partial charge in [-0.1, -0.05) is 11.8 Å². The molecule has 7 nitrogen and oxygen atoms in total. The molecule has 17 heavy (non-hydrogen) atoms. The Hall–Kier alpha value is -1.12. The first-order chi connectivity index (χ1) is 8.04. The Morgan fingerprint density at radius 3 is 2.71 bits per heavy atom. The maximum atomic E-state index is 10.5. The molecular weight excluding hydrogens is 244 g/mol. The molecule has 1 rings (SSSR count). The van der Waals surface area contributed by atoms with Crippen LogP contribution in [0.3, 0.4) is 0 Å². The molecule has 0 aromatic carbocycles. The van der Waals surface area contributed by atoms with Crippen molar-refractivity contribution >= 4 is 17.7 Å². The zero-order chi connectivity index (χ0) is 12.8. The quantitative estimate of drug-likeness (QED) is 0.639. The highest BCUT2D eigenvalue weighted by Crippen LogP contribution is 2.16. The number of carboxylic acids is 1. The van der Waals surface area contributed by atoms with Crippen LogP contribution in [0.2, 0.25) is 0 Å². The number of carboxylic acid groups (broad SMARTS) is 1. The first-order valence-electron chi connectivity index (χ1n) is 5.07. The lowest BCUT2D eigenvalue weighted by Crippen LogP contribution is -2.20. The van der Waals surface area contributed by atoms with Crippen molar-refractivity contribution in [2.45, 2.75) is 18.3 Å². The lowest BCUT2D eigenvalue weighted by Gasteiger charge is -2.12. The Bertz CT molecular complexity index is 380. The Labute approximate surface area is 103 Å². The van der Waals surface area contributed by atoms with Crippen molar-refractivity contribution in [2.75, 3.05) is 26.4 Å². The second-order valence-electron chi connectivity index (χ2n) is 3.69. The summed E-state index contributed by atoms with van der Waals surface area (Å²) in [5, 5.41) is 25.9. The summed E-state index contributed by atoms with van der Waals surface area (Å²) in [6.07, 6.45) is 0. The number of aromatic nitrogens is 3. The molecule has 1 aromatic rings. The molecular formula is C9H16N4O3S. The molecule has 0 aliphatic heterocycles. The smallest absolute Gasteiger partial charge is 0.313 e. The van der Waals surface area contributed by atoms with E-state index in [-0.39, 0.29) is 12.4 Å². The van der Waals surface area contributed by atoms with Gasteiger partial charge in [-0.3, -0.25) is 4.79 Å². The number of aliphatic hydroxyl groups excluding tert-OH is 1. The fourth-order valence-corrected chi connectivity index (χ4v) is 1.90. The molecule has 0 unspecified atom stereocenters. The van der Waals surface area contributed by atoms with Crippen LogP contribution in [0, 0.1) is 0 Å². The highest BCUT2D eigenvalue weighted by molar-refractivity contribution is 7.99. The van der Waals surface area contributed by atoms with E-state index in [0.29, 0.717) is 17.5 Å². The van der Waals surface area contributed by atoms with Gasteiger partial charge in [0.15, 0.2) is 11.0 Å². The lowest BCUT2D eigenvalue weighted by atomic mass is 10.5. The van der Waals surface area contributed by atoms with Gasteiger partial charge >= 0.3 is 5.97 Å². The number of thioether (sulfide) groups is 1. The summed E-state index contributed by atoms with van der Waals surface area (Å²) in [6.45, 7) is 1.19. The molecule has 0 fully saturated rings. The van der Waals surface area contributed by atoms with Crippen LogP contribution >= 0.6 is 11.8 Å². The third kappa shape index (κ3) is 4.33. The number of hydrogen-bond acceptors (Lipinski definition) is 6. The van der Waals surface area contributed by atoms with Crippen molar-refractivity contribution in [1.29, 1.82) is 0 Å². The second-order valence-corrected chi connectivity index (χ2v) is 4.64. The van der Waals surface area contributed by atoms with E-state index in [4.69, 9.17) is 10.2 Å². The summed E-state index contributed by atoms with van der Waals surface area (Å²) in [4.78, 5) is 12.5. The van der Waals surface area contributed by atoms with E-state index in [0.717, 1.165) is 18.3 Å². The third-order valence-electron chi connectivity index (χ3n) is 2.03. The molecule has 0 aliphatic rings. The first-order valence-corrected chi connectivity index (χ1v) is 6.05. The molecule has 0 aliphatic carbocycles. The normalized spacial score (nSPS) is 11.1. The van der Waals surface area contributed by atoms with Crippen molar-refractivity contribution in [3.8, 4) is 0 Å². The summed E-state index contributed by atoms with van der Waals surface area (Å²) < 4.78 is 1.74. The molecule has 0 bridgehead atoms. The van der Waals surface area contributed by atoms with Gasteiger partial charge in [-0.2, -0.15) is 0 Å². The largest absolute Gasteiger partial charge is 0.481 e. The zero-order valence-corrected chi connectivity index (χ0v) is 10.6. The summed E-state index contributed by atoms with van der Waals surface area (Å²) in [7, 11) is 3.88. The average molecular weight is 260 g/mol. The Morgan fingerprint density at radius 1 is 1.47 bits per heavy atom. The topological polar surface area (TPSA) is 91.5 Å². The Morgan fingerprint density at radius 2 is 2.18 bits per heavy atom. The molecule has 2 N–H and O–H groups in total. The summed E-state index contributed by atoms with van der Waals surface area (Å²) in [6, 6.07) is 0. The summed E-state index contributed by atoms with van der Waals surface area (Å²) in [5.41, 5.74) is 0. The molecule has 1 heterocycles. The first kappa shape index (κ1) is 13.9. The lowest BCUT2D eigenvalue weighted by molar-refractivity contribution is -0.133. The van der Waals surface area contributed by atoms with E-state index >= 15 is 0 Å². The van der Waals surface area contributed by atoms with Gasteiger partial charge in [0.25, 0.3) is 0 Å². The van der Waals surface area contributed by atoms with Crippen molar-refractivity contribution in [1.82, 2.24) is 19.7 Å². The van der Waals surface area contributed by atoms with Crippen LogP contribution in [0.15, 0.2) is 5.16 Å². The van der Waals surface area contributed by atoms with Gasteiger partial charge in [0.05, 0.1) is 5.75 Å². The minimum atomic E-state index is -0.900. The van der Waals surface area contributed by atoms with Gasteiger partial charge in [0, 0.05) is 13.1 Å². The van der Waals surface area contributed by atoms with Crippen molar-refractivity contribution < 1.29 is 15.0 Å². The van der Waals surface area contributed by atoms with E-state index < -0.39 is 5.97 Å². The van der Waals surface area contributed by atoms with Gasteiger partial charge in [-0.05, 0) is 14.1 Å². The molecule has 0 saturated heterocycles. The highest BCUT2D eigenvalue weighted by atomic mass is 32.2. The van der Waals surface area contributed by atoms with E-state index in [9.17, 15) is 4.79 Å². The molecule has 96 valence electrons. The minimum Gasteiger partial charge on any atom is -0.481 e.